The molecule has 4 rings (SSSR count). The van der Waals surface area contributed by atoms with Gasteiger partial charge >= 0.3 is 0 Å². The van der Waals surface area contributed by atoms with Crippen molar-refractivity contribution in [3.63, 3.8) is 0 Å². The fraction of sp³-hybridized carbons (Fsp3) is 0.710. The van der Waals surface area contributed by atoms with E-state index in [1.807, 2.05) is 65.0 Å². The number of hydrogen-bond donors (Lipinski definition) is 3. The molecule has 0 aromatic heterocycles. The number of para-hydroxylation sites is 1. The van der Waals surface area contributed by atoms with Gasteiger partial charge in [-0.2, -0.15) is 0 Å². The smallest absolute Gasteiger partial charge is 0.246 e. The number of benzene rings is 1. The maximum atomic E-state index is 14.4. The minimum atomic E-state index is -1.13. The van der Waals surface area contributed by atoms with E-state index in [-0.39, 0.29) is 35.7 Å². The Balaban J connectivity index is 1.76. The minimum absolute atomic E-state index is 0.0243. The van der Waals surface area contributed by atoms with Gasteiger partial charge in [-0.05, 0) is 63.5 Å². The second-order valence-electron chi connectivity index (χ2n) is 14.1. The van der Waals surface area contributed by atoms with Crippen LogP contribution >= 0.6 is 0 Å². The van der Waals surface area contributed by atoms with Crippen molar-refractivity contribution >= 4 is 23.4 Å². The quantitative estimate of drug-likeness (QED) is 0.436. The Kier molecular flexibility index (Phi) is 7.71. The number of likely N-dealkylation sites (tertiary alicyclic amines) is 1. The summed E-state index contributed by atoms with van der Waals surface area (Å²) in [5.74, 6) is -2.44. The van der Waals surface area contributed by atoms with E-state index >= 15 is 0 Å². The zero-order valence-electron chi connectivity index (χ0n) is 24.8. The minimum Gasteiger partial charge on any atom is -0.394 e. The summed E-state index contributed by atoms with van der Waals surface area (Å²) in [7, 11) is 0. The first kappa shape index (κ1) is 29.5. The fourth-order valence-electron chi connectivity index (χ4n) is 7.75. The number of nitrogens with one attached hydrogen (secondary N) is 2. The number of carbonyl (C=O) groups is 3. The number of carbonyl (C=O) groups excluding carboxylic acids is 3. The second kappa shape index (κ2) is 10.2. The van der Waals surface area contributed by atoms with Crippen LogP contribution in [0, 0.1) is 23.2 Å². The molecule has 8 nitrogen and oxygen atoms in total. The van der Waals surface area contributed by atoms with E-state index in [9.17, 15) is 19.5 Å². The molecule has 39 heavy (non-hydrogen) atoms. The second-order valence-corrected chi connectivity index (χ2v) is 14.1. The Morgan fingerprint density at radius 3 is 2.33 bits per heavy atom. The Morgan fingerprint density at radius 2 is 1.77 bits per heavy atom. The Morgan fingerprint density at radius 1 is 1.13 bits per heavy atom. The lowest BCUT2D eigenvalue weighted by molar-refractivity contribution is -0.151. The van der Waals surface area contributed by atoms with Crippen molar-refractivity contribution < 1.29 is 24.2 Å². The van der Waals surface area contributed by atoms with E-state index in [1.165, 1.54) is 0 Å². The summed E-state index contributed by atoms with van der Waals surface area (Å²) in [5.41, 5.74) is -1.91. The van der Waals surface area contributed by atoms with E-state index in [4.69, 9.17) is 4.74 Å². The topological polar surface area (TPSA) is 108 Å². The molecular weight excluding hydrogens is 494 g/mol. The van der Waals surface area contributed by atoms with Crippen LogP contribution in [0.3, 0.4) is 0 Å². The molecule has 3 N–H and O–H groups in total. The molecule has 0 saturated carbocycles. The number of aliphatic hydroxyl groups excluding tert-OH is 1. The van der Waals surface area contributed by atoms with Gasteiger partial charge in [-0.25, -0.2) is 0 Å². The van der Waals surface area contributed by atoms with E-state index < -0.39 is 40.7 Å². The van der Waals surface area contributed by atoms with Gasteiger partial charge in [0.1, 0.15) is 11.6 Å². The van der Waals surface area contributed by atoms with Gasteiger partial charge in [0, 0.05) is 11.2 Å². The Labute approximate surface area is 233 Å². The molecule has 3 saturated heterocycles. The van der Waals surface area contributed by atoms with Gasteiger partial charge in [0.25, 0.3) is 0 Å². The van der Waals surface area contributed by atoms with Gasteiger partial charge in [-0.3, -0.25) is 14.4 Å². The van der Waals surface area contributed by atoms with Crippen LogP contribution in [0.25, 0.3) is 0 Å². The van der Waals surface area contributed by atoms with Crippen LogP contribution in [0.4, 0.5) is 5.69 Å². The first-order valence-corrected chi connectivity index (χ1v) is 14.4. The summed E-state index contributed by atoms with van der Waals surface area (Å²) in [6.07, 6.45) is 2.53. The predicted molar refractivity (Wildman–Crippen MR) is 151 cm³/mol. The molecule has 2 unspecified atom stereocenters. The normalized spacial score (nSPS) is 31.7. The number of nitrogens with zero attached hydrogens (tertiary/aromatic N) is 1. The molecule has 0 radical (unpaired) electrons. The van der Waals surface area contributed by atoms with Gasteiger partial charge in [-0.1, -0.05) is 59.2 Å². The van der Waals surface area contributed by atoms with Gasteiger partial charge in [0.15, 0.2) is 0 Å². The number of aliphatic hydroxyl groups is 1. The summed E-state index contributed by atoms with van der Waals surface area (Å²) >= 11 is 0. The SMILES string of the molecule is CC[C@H](C)[C@H](CO)N1C(=O)[C@@H]2[C@@H](C(=O)Nc3ccccc3)[C@@]3(C)CCC2(O3)C1C(=O)NC(C)(C)CC(C)(C)C. The first-order valence-electron chi connectivity index (χ1n) is 14.4. The maximum absolute atomic E-state index is 14.4. The zero-order chi connectivity index (χ0) is 29.0. The highest BCUT2D eigenvalue weighted by atomic mass is 16.5. The van der Waals surface area contributed by atoms with Crippen LogP contribution in [0.5, 0.6) is 0 Å². The summed E-state index contributed by atoms with van der Waals surface area (Å²) in [5, 5.41) is 16.7. The Hall–Kier alpha value is -2.45. The lowest BCUT2D eigenvalue weighted by Gasteiger charge is -2.41. The number of anilines is 1. The van der Waals surface area contributed by atoms with Crippen molar-refractivity contribution in [3.05, 3.63) is 30.3 Å². The third-order valence-corrected chi connectivity index (χ3v) is 9.07. The number of amides is 3. The molecule has 3 aliphatic rings. The lowest BCUT2D eigenvalue weighted by atomic mass is 9.66. The highest BCUT2D eigenvalue weighted by Crippen LogP contribution is 2.63. The van der Waals surface area contributed by atoms with E-state index in [2.05, 4.69) is 31.4 Å². The monoisotopic (exact) mass is 541 g/mol. The molecule has 2 bridgehead atoms. The molecule has 1 spiro atoms. The van der Waals surface area contributed by atoms with E-state index in [0.717, 1.165) is 12.8 Å². The summed E-state index contributed by atoms with van der Waals surface area (Å²) in [6.45, 7) is 16.0. The molecule has 0 aliphatic carbocycles. The standard InChI is InChI=1S/C31H47N3O5/c1-9-19(2)21(17-35)34-24(26(37)33-29(6,7)18-28(3,4)5)31-16-15-30(8,39-31)22(23(31)27(34)38)25(36)32-20-13-11-10-12-14-20/h10-14,19,21-24,35H,9,15-18H2,1-8H3,(H,32,36)(H,33,37)/t19-,21-,22-,23-,24?,30+,31?/m0/s1. The van der Waals surface area contributed by atoms with Crippen LogP contribution < -0.4 is 10.6 Å². The highest BCUT2D eigenvalue weighted by molar-refractivity contribution is 6.02. The molecule has 3 fully saturated rings. The van der Waals surface area contributed by atoms with Crippen LogP contribution in [-0.2, 0) is 19.1 Å². The highest BCUT2D eigenvalue weighted by Gasteiger charge is 2.78. The van der Waals surface area contributed by atoms with Gasteiger partial charge < -0.3 is 25.4 Å². The molecule has 1 aromatic carbocycles. The van der Waals surface area contributed by atoms with Crippen molar-refractivity contribution in [2.24, 2.45) is 23.2 Å². The number of rotatable bonds is 9. The van der Waals surface area contributed by atoms with Crippen molar-refractivity contribution in [2.75, 3.05) is 11.9 Å². The van der Waals surface area contributed by atoms with Crippen molar-refractivity contribution in [3.8, 4) is 0 Å². The maximum Gasteiger partial charge on any atom is 0.246 e. The molecular formula is C31H47N3O5. The molecule has 3 aliphatic heterocycles. The average Bonchev–Trinajstić information content (AvgIpc) is 3.39. The van der Waals surface area contributed by atoms with Crippen molar-refractivity contribution in [1.29, 1.82) is 0 Å². The zero-order valence-corrected chi connectivity index (χ0v) is 24.8. The molecule has 7 atom stereocenters. The van der Waals surface area contributed by atoms with Crippen LogP contribution in [0.1, 0.15) is 81.1 Å². The summed E-state index contributed by atoms with van der Waals surface area (Å²) in [4.78, 5) is 44.0. The number of ether oxygens (including phenoxy) is 1. The lowest BCUT2D eigenvalue weighted by Crippen LogP contribution is -2.62. The van der Waals surface area contributed by atoms with Gasteiger partial charge in [0.05, 0.1) is 30.1 Å². The summed E-state index contributed by atoms with van der Waals surface area (Å²) in [6, 6.07) is 7.69. The molecule has 216 valence electrons. The first-order chi connectivity index (χ1) is 18.1. The van der Waals surface area contributed by atoms with Crippen molar-refractivity contribution in [2.45, 2.75) is 110 Å². The average molecular weight is 542 g/mol. The molecule has 3 amide bonds. The fourth-order valence-corrected chi connectivity index (χ4v) is 7.75. The summed E-state index contributed by atoms with van der Waals surface area (Å²) < 4.78 is 6.73. The van der Waals surface area contributed by atoms with Gasteiger partial charge in [0.2, 0.25) is 17.7 Å². The third-order valence-electron chi connectivity index (χ3n) is 9.07. The third kappa shape index (κ3) is 5.22. The molecule has 1 aromatic rings. The number of hydrogen-bond acceptors (Lipinski definition) is 5. The number of fused-ring (bicyclic) bond motifs is 1. The largest absolute Gasteiger partial charge is 0.394 e. The van der Waals surface area contributed by atoms with Crippen molar-refractivity contribution in [1.82, 2.24) is 10.2 Å². The van der Waals surface area contributed by atoms with Crippen LogP contribution in [0.15, 0.2) is 30.3 Å². The predicted octanol–water partition coefficient (Wildman–Crippen LogP) is 4.13. The van der Waals surface area contributed by atoms with Gasteiger partial charge in [-0.15, -0.1) is 0 Å². The van der Waals surface area contributed by atoms with E-state index in [1.54, 1.807) is 4.90 Å². The molecule has 3 heterocycles. The Bertz CT molecular complexity index is 1100. The van der Waals surface area contributed by atoms with E-state index in [0.29, 0.717) is 18.5 Å². The van der Waals surface area contributed by atoms with Crippen LogP contribution in [-0.4, -0.2) is 63.2 Å². The molecule has 8 heteroatoms. The van der Waals surface area contributed by atoms with Crippen LogP contribution in [0.2, 0.25) is 0 Å².